The Morgan fingerprint density at radius 1 is 1.81 bits per heavy atom. The Labute approximate surface area is 93.0 Å². The van der Waals surface area contributed by atoms with Crippen molar-refractivity contribution < 1.29 is 14.6 Å². The van der Waals surface area contributed by atoms with Crippen LogP contribution in [0.3, 0.4) is 0 Å². The van der Waals surface area contributed by atoms with Crippen molar-refractivity contribution >= 4 is 5.97 Å². The molecule has 2 atom stereocenters. The van der Waals surface area contributed by atoms with Crippen LogP contribution in [0.2, 0.25) is 0 Å². The molecule has 16 heavy (non-hydrogen) atoms. The van der Waals surface area contributed by atoms with Gasteiger partial charge in [-0.05, 0) is 19.3 Å². The molecule has 6 nitrogen and oxygen atoms in total. The summed E-state index contributed by atoms with van der Waals surface area (Å²) in [6.45, 7) is 0. The molecule has 1 fully saturated rings. The second kappa shape index (κ2) is 3.79. The molecular formula is C10H15N3O3. The Hall–Kier alpha value is -1.56. The first kappa shape index (κ1) is 10.9. The molecule has 6 heteroatoms. The number of rotatable bonds is 3. The summed E-state index contributed by atoms with van der Waals surface area (Å²) >= 11 is 0. The van der Waals surface area contributed by atoms with Crippen LogP contribution in [0.25, 0.3) is 0 Å². The molecule has 1 heterocycles. The lowest BCUT2D eigenvalue weighted by Crippen LogP contribution is -2.45. The number of hydrogen-bond acceptors (Lipinski definition) is 4. The van der Waals surface area contributed by atoms with Gasteiger partial charge in [-0.15, -0.1) is 0 Å². The lowest BCUT2D eigenvalue weighted by molar-refractivity contribution is -0.143. The predicted molar refractivity (Wildman–Crippen MR) is 56.2 cm³/mol. The van der Waals surface area contributed by atoms with Gasteiger partial charge in [0.15, 0.2) is 5.75 Å². The molecule has 0 saturated heterocycles. The monoisotopic (exact) mass is 225 g/mol. The van der Waals surface area contributed by atoms with Crippen molar-refractivity contribution in [3.8, 4) is 5.75 Å². The van der Waals surface area contributed by atoms with Crippen LogP contribution in [0.4, 0.5) is 0 Å². The highest BCUT2D eigenvalue weighted by atomic mass is 16.5. The number of nitrogens with two attached hydrogens (primary N) is 1. The lowest BCUT2D eigenvalue weighted by atomic mass is 9.99. The average molecular weight is 225 g/mol. The fourth-order valence-electron chi connectivity index (χ4n) is 2.09. The number of nitrogens with zero attached hydrogens (tertiary/aromatic N) is 2. The van der Waals surface area contributed by atoms with Crippen LogP contribution in [0, 0.1) is 0 Å². The summed E-state index contributed by atoms with van der Waals surface area (Å²) in [5.74, 6) is -0.265. The number of ether oxygens (including phenoxy) is 1. The highest BCUT2D eigenvalue weighted by molar-refractivity contribution is 5.78. The van der Waals surface area contributed by atoms with Gasteiger partial charge < -0.3 is 15.6 Å². The molecule has 0 aromatic carbocycles. The van der Waals surface area contributed by atoms with Crippen molar-refractivity contribution in [2.75, 3.05) is 7.11 Å². The molecule has 0 bridgehead atoms. The third kappa shape index (κ3) is 1.76. The molecule has 1 saturated carbocycles. The average Bonchev–Trinajstić information content (AvgIpc) is 2.84. The molecule has 1 aliphatic rings. The van der Waals surface area contributed by atoms with Gasteiger partial charge in [0.25, 0.3) is 0 Å². The molecule has 0 aliphatic heterocycles. The fourth-order valence-corrected chi connectivity index (χ4v) is 2.09. The summed E-state index contributed by atoms with van der Waals surface area (Å²) in [5.41, 5.74) is 4.69. The smallest absolute Gasteiger partial charge is 0.323 e. The maximum atomic E-state index is 11.0. The van der Waals surface area contributed by atoms with Crippen LogP contribution in [0.15, 0.2) is 12.4 Å². The van der Waals surface area contributed by atoms with Gasteiger partial charge >= 0.3 is 5.97 Å². The first-order valence-corrected chi connectivity index (χ1v) is 5.15. The van der Waals surface area contributed by atoms with Gasteiger partial charge in [-0.2, -0.15) is 5.10 Å². The molecule has 3 N–H and O–H groups in total. The fraction of sp³-hybridized carbons (Fsp3) is 0.600. The number of carbonyl (C=O) groups is 1. The summed E-state index contributed by atoms with van der Waals surface area (Å²) in [4.78, 5) is 11.0. The highest BCUT2D eigenvalue weighted by Gasteiger charge is 2.43. The SMILES string of the molecule is COc1cnn(C2CCC(N)(C(=O)O)C2)c1. The van der Waals surface area contributed by atoms with E-state index in [9.17, 15) is 4.79 Å². The first-order chi connectivity index (χ1) is 7.55. The van der Waals surface area contributed by atoms with Gasteiger partial charge in [-0.25, -0.2) is 0 Å². The van der Waals surface area contributed by atoms with Crippen molar-refractivity contribution in [1.82, 2.24) is 9.78 Å². The minimum Gasteiger partial charge on any atom is -0.493 e. The summed E-state index contributed by atoms with van der Waals surface area (Å²) in [6.07, 6.45) is 4.99. The number of methoxy groups -OCH3 is 1. The molecule has 0 spiro atoms. The third-order valence-electron chi connectivity index (χ3n) is 3.14. The zero-order chi connectivity index (χ0) is 11.8. The molecule has 88 valence electrons. The van der Waals surface area contributed by atoms with E-state index >= 15 is 0 Å². The van der Waals surface area contributed by atoms with Gasteiger partial charge in [-0.1, -0.05) is 0 Å². The summed E-state index contributed by atoms with van der Waals surface area (Å²) < 4.78 is 6.76. The molecule has 2 rings (SSSR count). The van der Waals surface area contributed by atoms with E-state index in [1.807, 2.05) is 0 Å². The number of aromatic nitrogens is 2. The maximum Gasteiger partial charge on any atom is 0.323 e. The zero-order valence-corrected chi connectivity index (χ0v) is 9.09. The molecule has 0 radical (unpaired) electrons. The van der Waals surface area contributed by atoms with Crippen LogP contribution >= 0.6 is 0 Å². The lowest BCUT2D eigenvalue weighted by Gasteiger charge is -2.18. The molecule has 1 aliphatic carbocycles. The molecule has 0 amide bonds. The van der Waals surface area contributed by atoms with Crippen molar-refractivity contribution in [1.29, 1.82) is 0 Å². The van der Waals surface area contributed by atoms with E-state index in [1.165, 1.54) is 0 Å². The van der Waals surface area contributed by atoms with Crippen molar-refractivity contribution in [3.63, 3.8) is 0 Å². The van der Waals surface area contributed by atoms with E-state index in [2.05, 4.69) is 5.10 Å². The van der Waals surface area contributed by atoms with Crippen LogP contribution in [-0.4, -0.2) is 33.5 Å². The Balaban J connectivity index is 2.11. The van der Waals surface area contributed by atoms with Gasteiger partial charge in [0.2, 0.25) is 0 Å². The van der Waals surface area contributed by atoms with Crippen LogP contribution in [-0.2, 0) is 4.79 Å². The summed E-state index contributed by atoms with van der Waals surface area (Å²) in [5, 5.41) is 13.1. The third-order valence-corrected chi connectivity index (χ3v) is 3.14. The second-order valence-electron chi connectivity index (χ2n) is 4.22. The van der Waals surface area contributed by atoms with Crippen LogP contribution in [0.5, 0.6) is 5.75 Å². The number of hydrogen-bond donors (Lipinski definition) is 2. The molecule has 2 unspecified atom stereocenters. The van der Waals surface area contributed by atoms with E-state index in [4.69, 9.17) is 15.6 Å². The van der Waals surface area contributed by atoms with Gasteiger partial charge in [0.1, 0.15) is 5.54 Å². The van der Waals surface area contributed by atoms with E-state index in [-0.39, 0.29) is 6.04 Å². The summed E-state index contributed by atoms with van der Waals surface area (Å²) in [7, 11) is 1.57. The van der Waals surface area contributed by atoms with Crippen LogP contribution in [0.1, 0.15) is 25.3 Å². The zero-order valence-electron chi connectivity index (χ0n) is 9.09. The minimum atomic E-state index is -1.11. The normalized spacial score (nSPS) is 29.2. The van der Waals surface area contributed by atoms with Gasteiger partial charge in [0, 0.05) is 0 Å². The number of carboxylic acid groups (broad SMARTS) is 1. The van der Waals surface area contributed by atoms with E-state index in [1.54, 1.807) is 24.2 Å². The second-order valence-corrected chi connectivity index (χ2v) is 4.22. The molecular weight excluding hydrogens is 210 g/mol. The van der Waals surface area contributed by atoms with E-state index in [0.29, 0.717) is 18.6 Å². The standard InChI is InChI=1S/C10H15N3O3/c1-16-8-5-12-13(6-8)7-2-3-10(11,4-7)9(14)15/h5-7H,2-4,11H2,1H3,(H,14,15). The van der Waals surface area contributed by atoms with Crippen molar-refractivity contribution in [2.45, 2.75) is 30.8 Å². The maximum absolute atomic E-state index is 11.0. The Kier molecular flexibility index (Phi) is 2.59. The topological polar surface area (TPSA) is 90.4 Å². The quantitative estimate of drug-likeness (QED) is 0.777. The van der Waals surface area contributed by atoms with E-state index < -0.39 is 11.5 Å². The number of carboxylic acids is 1. The van der Waals surface area contributed by atoms with Crippen molar-refractivity contribution in [2.24, 2.45) is 5.73 Å². The Morgan fingerprint density at radius 3 is 3.06 bits per heavy atom. The van der Waals surface area contributed by atoms with Gasteiger partial charge in [-0.3, -0.25) is 9.48 Å². The Bertz CT molecular complexity index is 404. The molecule has 1 aromatic heterocycles. The van der Waals surface area contributed by atoms with Crippen molar-refractivity contribution in [3.05, 3.63) is 12.4 Å². The van der Waals surface area contributed by atoms with Crippen LogP contribution < -0.4 is 10.5 Å². The highest BCUT2D eigenvalue weighted by Crippen LogP contribution is 2.36. The minimum absolute atomic E-state index is 0.0463. The number of aliphatic carboxylic acids is 1. The predicted octanol–water partition coefficient (Wildman–Crippen LogP) is 0.399. The van der Waals surface area contributed by atoms with Gasteiger partial charge in [0.05, 0.1) is 25.5 Å². The van der Waals surface area contributed by atoms with E-state index in [0.717, 1.165) is 6.42 Å². The largest absolute Gasteiger partial charge is 0.493 e. The first-order valence-electron chi connectivity index (χ1n) is 5.15. The molecule has 1 aromatic rings. The summed E-state index contributed by atoms with van der Waals surface area (Å²) in [6, 6.07) is 0.0463. The Morgan fingerprint density at radius 2 is 2.56 bits per heavy atom.